The van der Waals surface area contributed by atoms with Crippen molar-refractivity contribution in [2.24, 2.45) is 0 Å². The minimum atomic E-state index is 0.704. The summed E-state index contributed by atoms with van der Waals surface area (Å²) in [5, 5.41) is 2.97. The van der Waals surface area contributed by atoms with Crippen LogP contribution in [0.2, 0.25) is 0 Å². The Morgan fingerprint density at radius 1 is 1.45 bits per heavy atom. The van der Waals surface area contributed by atoms with E-state index >= 15 is 0 Å². The predicted octanol–water partition coefficient (Wildman–Crippen LogP) is 2.55. The second kappa shape index (κ2) is 3.44. The van der Waals surface area contributed by atoms with Crippen LogP contribution in [-0.2, 0) is 0 Å². The lowest BCUT2D eigenvalue weighted by Crippen LogP contribution is -1.96. The van der Waals surface area contributed by atoms with E-state index in [1.807, 2.05) is 24.3 Å². The molecule has 1 aromatic carbocycles. The van der Waals surface area contributed by atoms with Gasteiger partial charge in [0.1, 0.15) is 0 Å². The summed E-state index contributed by atoms with van der Waals surface area (Å²) in [4.78, 5) is 0. The van der Waals surface area contributed by atoms with Crippen molar-refractivity contribution in [3.63, 3.8) is 0 Å². The maximum Gasteiger partial charge on any atom is 0.0751 e. The molecule has 1 aromatic rings. The third-order valence-corrected chi connectivity index (χ3v) is 1.43. The van der Waals surface area contributed by atoms with Crippen LogP contribution in [0.4, 0.5) is 11.4 Å². The molecule has 0 amide bonds. The van der Waals surface area contributed by atoms with Crippen molar-refractivity contribution in [1.82, 2.24) is 0 Å². The molecule has 0 fully saturated rings. The minimum Gasteiger partial charge on any atom is -0.397 e. The van der Waals surface area contributed by atoms with Crippen LogP contribution in [0.1, 0.15) is 0 Å². The van der Waals surface area contributed by atoms with Crippen molar-refractivity contribution in [1.29, 1.82) is 0 Å². The van der Waals surface area contributed by atoms with Crippen molar-refractivity contribution < 1.29 is 0 Å². The van der Waals surface area contributed by atoms with E-state index in [2.05, 4.69) is 27.8 Å². The van der Waals surface area contributed by atoms with Gasteiger partial charge in [-0.3, -0.25) is 0 Å². The van der Waals surface area contributed by atoms with E-state index in [4.69, 9.17) is 5.73 Å². The molecular weight excluding hydrogens is 204 g/mol. The molecule has 0 saturated heterocycles. The molecule has 0 aliphatic heterocycles. The molecule has 58 valence electrons. The van der Waals surface area contributed by atoms with Crippen LogP contribution < -0.4 is 11.1 Å². The first-order valence-electron chi connectivity index (χ1n) is 3.16. The Morgan fingerprint density at radius 2 is 2.09 bits per heavy atom. The highest BCUT2D eigenvalue weighted by atomic mass is 79.9. The van der Waals surface area contributed by atoms with Crippen molar-refractivity contribution in [2.45, 2.75) is 0 Å². The summed E-state index contributed by atoms with van der Waals surface area (Å²) >= 11 is 3.18. The van der Waals surface area contributed by atoms with Gasteiger partial charge in [-0.25, -0.2) is 0 Å². The fraction of sp³-hybridized carbons (Fsp3) is 0. The number of benzene rings is 1. The van der Waals surface area contributed by atoms with E-state index in [0.717, 1.165) is 5.69 Å². The van der Waals surface area contributed by atoms with E-state index in [9.17, 15) is 0 Å². The van der Waals surface area contributed by atoms with E-state index in [-0.39, 0.29) is 0 Å². The largest absolute Gasteiger partial charge is 0.397 e. The van der Waals surface area contributed by atoms with E-state index in [0.29, 0.717) is 10.3 Å². The summed E-state index contributed by atoms with van der Waals surface area (Å²) in [7, 11) is 0. The fourth-order valence-electron chi connectivity index (χ4n) is 0.757. The number of para-hydroxylation sites is 2. The van der Waals surface area contributed by atoms with Gasteiger partial charge in [0.05, 0.1) is 16.0 Å². The Balaban J connectivity index is 2.86. The van der Waals surface area contributed by atoms with Gasteiger partial charge in [0.25, 0.3) is 0 Å². The molecule has 0 bridgehead atoms. The first-order valence-corrected chi connectivity index (χ1v) is 3.95. The average molecular weight is 213 g/mol. The molecule has 3 heteroatoms. The predicted molar refractivity (Wildman–Crippen MR) is 52.5 cm³/mol. The number of halogens is 1. The Bertz CT molecular complexity index is 271. The number of anilines is 2. The number of nitrogen functional groups attached to an aromatic ring is 1. The van der Waals surface area contributed by atoms with E-state index < -0.39 is 0 Å². The maximum atomic E-state index is 5.64. The van der Waals surface area contributed by atoms with Gasteiger partial charge in [-0.05, 0) is 28.1 Å². The second-order valence-electron chi connectivity index (χ2n) is 2.12. The highest BCUT2D eigenvalue weighted by molar-refractivity contribution is 9.11. The lowest BCUT2D eigenvalue weighted by Gasteiger charge is -2.05. The van der Waals surface area contributed by atoms with Crippen LogP contribution >= 0.6 is 15.9 Å². The Kier molecular flexibility index (Phi) is 2.54. The van der Waals surface area contributed by atoms with Crippen LogP contribution in [-0.4, -0.2) is 0 Å². The van der Waals surface area contributed by atoms with Gasteiger partial charge in [-0.1, -0.05) is 18.7 Å². The number of hydrogen-bond acceptors (Lipinski definition) is 2. The summed E-state index contributed by atoms with van der Waals surface area (Å²) in [6.45, 7) is 3.64. The Hall–Kier alpha value is -0.960. The molecule has 0 saturated carbocycles. The van der Waals surface area contributed by atoms with Crippen LogP contribution in [0.15, 0.2) is 35.5 Å². The highest BCUT2D eigenvalue weighted by Crippen LogP contribution is 2.19. The van der Waals surface area contributed by atoms with Crippen molar-refractivity contribution in [3.8, 4) is 0 Å². The first-order chi connectivity index (χ1) is 5.20. The SMILES string of the molecule is C=C(Br)Nc1ccccc1N. The molecule has 2 nitrogen and oxygen atoms in total. The molecule has 0 spiro atoms. The van der Waals surface area contributed by atoms with Gasteiger partial charge in [0.15, 0.2) is 0 Å². The smallest absolute Gasteiger partial charge is 0.0751 e. The molecule has 0 aliphatic carbocycles. The lowest BCUT2D eigenvalue weighted by atomic mass is 10.3. The Morgan fingerprint density at radius 3 is 2.64 bits per heavy atom. The molecule has 0 unspecified atom stereocenters. The summed E-state index contributed by atoms with van der Waals surface area (Å²) in [6.07, 6.45) is 0. The molecule has 3 N–H and O–H groups in total. The zero-order valence-electron chi connectivity index (χ0n) is 5.97. The molecule has 0 aromatic heterocycles. The van der Waals surface area contributed by atoms with E-state index in [1.54, 1.807) is 0 Å². The first kappa shape index (κ1) is 8.14. The zero-order valence-corrected chi connectivity index (χ0v) is 7.56. The van der Waals surface area contributed by atoms with Crippen molar-refractivity contribution in [2.75, 3.05) is 11.1 Å². The number of rotatable bonds is 2. The van der Waals surface area contributed by atoms with Crippen molar-refractivity contribution in [3.05, 3.63) is 35.5 Å². The zero-order chi connectivity index (χ0) is 8.27. The van der Waals surface area contributed by atoms with Crippen LogP contribution in [0.25, 0.3) is 0 Å². The third-order valence-electron chi connectivity index (χ3n) is 1.23. The quantitative estimate of drug-likeness (QED) is 0.585. The molecule has 0 radical (unpaired) electrons. The molecule has 1 rings (SSSR count). The number of nitrogens with one attached hydrogen (secondary N) is 1. The van der Waals surface area contributed by atoms with E-state index in [1.165, 1.54) is 0 Å². The summed E-state index contributed by atoms with van der Waals surface area (Å²) in [5.41, 5.74) is 7.23. The van der Waals surface area contributed by atoms with Gasteiger partial charge >= 0.3 is 0 Å². The lowest BCUT2D eigenvalue weighted by molar-refractivity contribution is 1.57. The average Bonchev–Trinajstić information content (AvgIpc) is 1.93. The molecule has 0 atom stereocenters. The number of hydrogen-bond donors (Lipinski definition) is 2. The molecule has 11 heavy (non-hydrogen) atoms. The topological polar surface area (TPSA) is 38.0 Å². The van der Waals surface area contributed by atoms with Gasteiger partial charge < -0.3 is 11.1 Å². The van der Waals surface area contributed by atoms with Gasteiger partial charge in [-0.15, -0.1) is 0 Å². The number of nitrogens with two attached hydrogens (primary N) is 1. The van der Waals surface area contributed by atoms with Crippen molar-refractivity contribution >= 4 is 27.3 Å². The Labute approximate surface area is 74.2 Å². The second-order valence-corrected chi connectivity index (χ2v) is 3.07. The van der Waals surface area contributed by atoms with Gasteiger partial charge in [-0.2, -0.15) is 0 Å². The monoisotopic (exact) mass is 212 g/mol. The molecule has 0 heterocycles. The summed E-state index contributed by atoms with van der Waals surface area (Å²) < 4.78 is 0.704. The van der Waals surface area contributed by atoms with Crippen LogP contribution in [0, 0.1) is 0 Å². The fourth-order valence-corrected chi connectivity index (χ4v) is 0.971. The summed E-state index contributed by atoms with van der Waals surface area (Å²) in [6, 6.07) is 7.52. The standard InChI is InChI=1S/C8H9BrN2/c1-6(9)11-8-5-3-2-4-7(8)10/h2-5,11H,1,10H2. The summed E-state index contributed by atoms with van der Waals surface area (Å²) in [5.74, 6) is 0. The highest BCUT2D eigenvalue weighted by Gasteiger charge is 1.94. The maximum absolute atomic E-state index is 5.64. The van der Waals surface area contributed by atoms with Gasteiger partial charge in [0, 0.05) is 0 Å². The molecule has 0 aliphatic rings. The minimum absolute atomic E-state index is 0.704. The van der Waals surface area contributed by atoms with Crippen LogP contribution in [0.3, 0.4) is 0 Å². The third kappa shape index (κ3) is 2.27. The van der Waals surface area contributed by atoms with Gasteiger partial charge in [0.2, 0.25) is 0 Å². The normalized spacial score (nSPS) is 9.18. The molecular formula is C8H9BrN2. The van der Waals surface area contributed by atoms with Crippen LogP contribution in [0.5, 0.6) is 0 Å².